The fourth-order valence-corrected chi connectivity index (χ4v) is 3.20. The van der Waals surface area contributed by atoms with Gasteiger partial charge in [-0.05, 0) is 49.5 Å². The van der Waals surface area contributed by atoms with E-state index in [-0.39, 0.29) is 36.7 Å². The Kier molecular flexibility index (Phi) is 6.96. The maximum absolute atomic E-state index is 12.1. The molecule has 0 saturated carbocycles. The van der Waals surface area contributed by atoms with Crippen LogP contribution in [0.25, 0.3) is 0 Å². The number of carbonyl (C=O) groups excluding carboxylic acids is 3. The first kappa shape index (κ1) is 19.4. The van der Waals surface area contributed by atoms with E-state index in [1.807, 2.05) is 0 Å². The van der Waals surface area contributed by atoms with Crippen molar-refractivity contribution in [1.29, 1.82) is 0 Å². The molecule has 0 spiro atoms. The van der Waals surface area contributed by atoms with E-state index in [1.54, 1.807) is 24.3 Å². The summed E-state index contributed by atoms with van der Waals surface area (Å²) in [6, 6.07) is 7.09. The van der Waals surface area contributed by atoms with E-state index in [0.29, 0.717) is 30.9 Å². The van der Waals surface area contributed by atoms with Gasteiger partial charge in [-0.1, -0.05) is 12.1 Å². The Morgan fingerprint density at radius 3 is 2.44 bits per heavy atom. The highest BCUT2D eigenvalue weighted by Crippen LogP contribution is 2.16. The Balaban J connectivity index is 0.00000225. The van der Waals surface area contributed by atoms with Gasteiger partial charge in [0.25, 0.3) is 5.91 Å². The van der Waals surface area contributed by atoms with Gasteiger partial charge in [-0.3, -0.25) is 19.3 Å². The summed E-state index contributed by atoms with van der Waals surface area (Å²) in [7, 11) is 0. The minimum absolute atomic E-state index is 0. The van der Waals surface area contributed by atoms with Crippen molar-refractivity contribution in [2.45, 2.75) is 32.2 Å². The number of rotatable bonds is 6. The smallest absolute Gasteiger partial charge is 0.251 e. The summed E-state index contributed by atoms with van der Waals surface area (Å²) in [5.74, 6) is 0.329. The lowest BCUT2D eigenvalue weighted by atomic mass is 10.1. The molecule has 2 heterocycles. The maximum Gasteiger partial charge on any atom is 0.251 e. The molecular weight excluding hydrogens is 342 g/mol. The van der Waals surface area contributed by atoms with Gasteiger partial charge in [-0.2, -0.15) is 0 Å². The number of nitrogens with one attached hydrogen (secondary N) is 2. The number of benzene rings is 1. The SMILES string of the molecule is Cl.O=C(NCCC1CCNC1)c1ccc(CN2C(=O)CCC2=O)cc1. The lowest BCUT2D eigenvalue weighted by Crippen LogP contribution is -2.28. The van der Waals surface area contributed by atoms with Crippen LogP contribution in [0.4, 0.5) is 0 Å². The van der Waals surface area contributed by atoms with E-state index < -0.39 is 0 Å². The minimum Gasteiger partial charge on any atom is -0.352 e. The molecule has 2 aliphatic heterocycles. The van der Waals surface area contributed by atoms with Crippen molar-refractivity contribution < 1.29 is 14.4 Å². The van der Waals surface area contributed by atoms with Crippen LogP contribution in [-0.4, -0.2) is 42.3 Å². The molecule has 2 saturated heterocycles. The third-order valence-electron chi connectivity index (χ3n) is 4.71. The van der Waals surface area contributed by atoms with Gasteiger partial charge in [0, 0.05) is 24.9 Å². The molecule has 2 fully saturated rings. The average molecular weight is 366 g/mol. The fourth-order valence-electron chi connectivity index (χ4n) is 3.20. The molecule has 3 amide bonds. The molecule has 0 radical (unpaired) electrons. The maximum atomic E-state index is 12.1. The first-order valence-electron chi connectivity index (χ1n) is 8.54. The first-order valence-corrected chi connectivity index (χ1v) is 8.54. The van der Waals surface area contributed by atoms with E-state index in [2.05, 4.69) is 10.6 Å². The van der Waals surface area contributed by atoms with Crippen molar-refractivity contribution in [3.63, 3.8) is 0 Å². The second-order valence-electron chi connectivity index (χ2n) is 6.47. The Morgan fingerprint density at radius 1 is 1.16 bits per heavy atom. The number of imide groups is 1. The van der Waals surface area contributed by atoms with Crippen LogP contribution < -0.4 is 10.6 Å². The standard InChI is InChI=1S/C18H23N3O3.ClH/c22-16-5-6-17(23)21(16)12-14-1-3-15(4-2-14)18(24)20-10-8-13-7-9-19-11-13;/h1-4,13,19H,5-12H2,(H,20,24);1H. The number of halogens is 1. The van der Waals surface area contributed by atoms with Crippen LogP contribution in [0.1, 0.15) is 41.6 Å². The highest BCUT2D eigenvalue weighted by atomic mass is 35.5. The predicted octanol–water partition coefficient (Wildman–Crippen LogP) is 1.49. The summed E-state index contributed by atoms with van der Waals surface area (Å²) >= 11 is 0. The largest absolute Gasteiger partial charge is 0.352 e. The van der Waals surface area contributed by atoms with Crippen LogP contribution in [-0.2, 0) is 16.1 Å². The van der Waals surface area contributed by atoms with Crippen LogP contribution in [0, 0.1) is 5.92 Å². The van der Waals surface area contributed by atoms with Crippen LogP contribution >= 0.6 is 12.4 Å². The zero-order valence-electron chi connectivity index (χ0n) is 14.1. The Morgan fingerprint density at radius 2 is 1.84 bits per heavy atom. The molecule has 136 valence electrons. The molecule has 3 rings (SSSR count). The molecule has 2 N–H and O–H groups in total. The van der Waals surface area contributed by atoms with E-state index in [1.165, 1.54) is 11.3 Å². The number of amides is 3. The highest BCUT2D eigenvalue weighted by Gasteiger charge is 2.28. The second kappa shape index (κ2) is 8.97. The van der Waals surface area contributed by atoms with E-state index in [0.717, 1.165) is 25.1 Å². The van der Waals surface area contributed by atoms with Gasteiger partial charge >= 0.3 is 0 Å². The van der Waals surface area contributed by atoms with E-state index >= 15 is 0 Å². The third kappa shape index (κ3) is 5.03. The average Bonchev–Trinajstić information content (AvgIpc) is 3.21. The van der Waals surface area contributed by atoms with Gasteiger partial charge < -0.3 is 10.6 Å². The normalized spacial score (nSPS) is 19.8. The van der Waals surface area contributed by atoms with Crippen LogP contribution in [0.3, 0.4) is 0 Å². The third-order valence-corrected chi connectivity index (χ3v) is 4.71. The van der Waals surface area contributed by atoms with Gasteiger partial charge in [-0.15, -0.1) is 12.4 Å². The molecule has 6 nitrogen and oxygen atoms in total. The number of likely N-dealkylation sites (tertiary alicyclic amines) is 1. The summed E-state index contributed by atoms with van der Waals surface area (Å²) in [6.07, 6.45) is 2.78. The lowest BCUT2D eigenvalue weighted by molar-refractivity contribution is -0.139. The van der Waals surface area contributed by atoms with Crippen molar-refractivity contribution >= 4 is 30.1 Å². The molecular formula is C18H24ClN3O3. The molecule has 0 aliphatic carbocycles. The summed E-state index contributed by atoms with van der Waals surface area (Å²) < 4.78 is 0. The molecule has 7 heteroatoms. The van der Waals surface area contributed by atoms with Crippen LogP contribution in [0.15, 0.2) is 24.3 Å². The molecule has 1 atom stereocenters. The highest BCUT2D eigenvalue weighted by molar-refractivity contribution is 6.01. The Hall–Kier alpha value is -1.92. The van der Waals surface area contributed by atoms with Gasteiger partial charge in [0.2, 0.25) is 11.8 Å². The predicted molar refractivity (Wildman–Crippen MR) is 96.4 cm³/mol. The second-order valence-corrected chi connectivity index (χ2v) is 6.47. The molecule has 1 aromatic carbocycles. The number of carbonyl (C=O) groups is 3. The molecule has 1 unspecified atom stereocenters. The number of hydrogen-bond donors (Lipinski definition) is 2. The summed E-state index contributed by atoms with van der Waals surface area (Å²) in [5.41, 5.74) is 1.45. The molecule has 2 aliphatic rings. The van der Waals surface area contributed by atoms with Crippen molar-refractivity contribution in [1.82, 2.24) is 15.5 Å². The van der Waals surface area contributed by atoms with Gasteiger partial charge in [0.05, 0.1) is 6.54 Å². The van der Waals surface area contributed by atoms with E-state index in [4.69, 9.17) is 0 Å². The van der Waals surface area contributed by atoms with E-state index in [9.17, 15) is 14.4 Å². The van der Waals surface area contributed by atoms with Crippen LogP contribution in [0.2, 0.25) is 0 Å². The van der Waals surface area contributed by atoms with Crippen molar-refractivity contribution in [2.24, 2.45) is 5.92 Å². The minimum atomic E-state index is -0.122. The van der Waals surface area contributed by atoms with Gasteiger partial charge in [0.15, 0.2) is 0 Å². The lowest BCUT2D eigenvalue weighted by Gasteiger charge is -2.14. The van der Waals surface area contributed by atoms with Crippen molar-refractivity contribution in [3.8, 4) is 0 Å². The summed E-state index contributed by atoms with van der Waals surface area (Å²) in [4.78, 5) is 36.7. The monoisotopic (exact) mass is 365 g/mol. The first-order chi connectivity index (χ1) is 11.6. The molecule has 1 aromatic rings. The van der Waals surface area contributed by atoms with Gasteiger partial charge in [0.1, 0.15) is 0 Å². The topological polar surface area (TPSA) is 78.5 Å². The Labute approximate surface area is 153 Å². The fraction of sp³-hybridized carbons (Fsp3) is 0.500. The quantitative estimate of drug-likeness (QED) is 0.749. The van der Waals surface area contributed by atoms with Crippen molar-refractivity contribution in [2.75, 3.05) is 19.6 Å². The van der Waals surface area contributed by atoms with Crippen molar-refractivity contribution in [3.05, 3.63) is 35.4 Å². The molecule has 25 heavy (non-hydrogen) atoms. The number of hydrogen-bond acceptors (Lipinski definition) is 4. The zero-order valence-corrected chi connectivity index (χ0v) is 14.9. The molecule has 0 bridgehead atoms. The number of nitrogens with zero attached hydrogens (tertiary/aromatic N) is 1. The summed E-state index contributed by atoms with van der Waals surface area (Å²) in [6.45, 7) is 3.08. The zero-order chi connectivity index (χ0) is 16.9. The molecule has 0 aromatic heterocycles. The van der Waals surface area contributed by atoms with Crippen LogP contribution in [0.5, 0.6) is 0 Å². The Bertz CT molecular complexity index is 611. The van der Waals surface area contributed by atoms with Gasteiger partial charge in [-0.25, -0.2) is 0 Å². The summed E-state index contributed by atoms with van der Waals surface area (Å²) in [5, 5.41) is 6.27.